The Bertz CT molecular complexity index is 1110. The maximum absolute atomic E-state index is 13.3. The molecule has 0 amide bonds. The summed E-state index contributed by atoms with van der Waals surface area (Å²) in [6.45, 7) is 4.00. The summed E-state index contributed by atoms with van der Waals surface area (Å²) in [6, 6.07) is 15.1. The molecule has 2 heterocycles. The van der Waals surface area contributed by atoms with E-state index in [1.165, 1.54) is 0 Å². The van der Waals surface area contributed by atoms with Gasteiger partial charge in [0.05, 0.1) is 18.3 Å². The zero-order valence-electron chi connectivity index (χ0n) is 16.0. The lowest BCUT2D eigenvalue weighted by Gasteiger charge is -2.36. The first-order chi connectivity index (χ1) is 13.5. The maximum atomic E-state index is 13.3. The molecular formula is C21H23N3O3S. The van der Waals surface area contributed by atoms with Crippen LogP contribution in [-0.4, -0.2) is 51.0 Å². The van der Waals surface area contributed by atoms with Crippen molar-refractivity contribution in [1.29, 1.82) is 0 Å². The Kier molecular flexibility index (Phi) is 4.95. The number of piperazine rings is 1. The molecule has 1 saturated heterocycles. The van der Waals surface area contributed by atoms with Gasteiger partial charge in [-0.2, -0.15) is 4.31 Å². The van der Waals surface area contributed by atoms with Crippen molar-refractivity contribution < 1.29 is 13.2 Å². The topological polar surface area (TPSA) is 62.7 Å². The number of hydrogen-bond acceptors (Lipinski definition) is 5. The molecule has 4 rings (SSSR count). The van der Waals surface area contributed by atoms with Gasteiger partial charge < -0.3 is 9.64 Å². The summed E-state index contributed by atoms with van der Waals surface area (Å²) in [5, 5.41) is 0.841. The summed E-state index contributed by atoms with van der Waals surface area (Å²) < 4.78 is 33.6. The Hall–Kier alpha value is -2.64. The van der Waals surface area contributed by atoms with Crippen molar-refractivity contribution in [2.75, 3.05) is 38.2 Å². The summed E-state index contributed by atoms with van der Waals surface area (Å²) in [4.78, 5) is 6.83. The molecule has 0 saturated carbocycles. The van der Waals surface area contributed by atoms with Crippen molar-refractivity contribution in [2.45, 2.75) is 11.8 Å². The first-order valence-corrected chi connectivity index (χ1v) is 10.7. The van der Waals surface area contributed by atoms with E-state index in [4.69, 9.17) is 4.74 Å². The third kappa shape index (κ3) is 3.31. The minimum Gasteiger partial charge on any atom is -0.495 e. The number of anilines is 1. The molecule has 146 valence electrons. The van der Waals surface area contributed by atoms with Crippen LogP contribution in [0.1, 0.15) is 5.56 Å². The van der Waals surface area contributed by atoms with Crippen LogP contribution in [0.15, 0.2) is 59.6 Å². The lowest BCUT2D eigenvalue weighted by molar-refractivity contribution is 0.378. The van der Waals surface area contributed by atoms with E-state index in [0.717, 1.165) is 22.4 Å². The highest BCUT2D eigenvalue weighted by atomic mass is 32.2. The average molecular weight is 398 g/mol. The molecule has 0 radical (unpaired) electrons. The Labute approximate surface area is 165 Å². The predicted molar refractivity (Wildman–Crippen MR) is 110 cm³/mol. The van der Waals surface area contributed by atoms with Crippen molar-refractivity contribution in [2.24, 2.45) is 0 Å². The lowest BCUT2D eigenvalue weighted by atomic mass is 10.2. The second-order valence-electron chi connectivity index (χ2n) is 6.90. The van der Waals surface area contributed by atoms with Crippen LogP contribution in [0, 0.1) is 6.92 Å². The van der Waals surface area contributed by atoms with Gasteiger partial charge in [-0.15, -0.1) is 0 Å². The number of ether oxygens (including phenoxy) is 1. The van der Waals surface area contributed by atoms with Crippen molar-refractivity contribution in [3.05, 3.63) is 60.3 Å². The fraction of sp³-hybridized carbons (Fsp3) is 0.286. The molecule has 1 aromatic heterocycles. The molecule has 1 fully saturated rings. The van der Waals surface area contributed by atoms with E-state index in [1.807, 2.05) is 43.3 Å². The summed E-state index contributed by atoms with van der Waals surface area (Å²) in [6.07, 6.45) is 1.71. The van der Waals surface area contributed by atoms with Crippen LogP contribution < -0.4 is 9.64 Å². The number of aryl methyl sites for hydroxylation is 1. The normalized spacial score (nSPS) is 15.7. The molecule has 0 unspecified atom stereocenters. The van der Waals surface area contributed by atoms with E-state index in [1.54, 1.807) is 29.7 Å². The number of aromatic nitrogens is 1. The first kappa shape index (κ1) is 18.7. The van der Waals surface area contributed by atoms with E-state index >= 15 is 0 Å². The summed E-state index contributed by atoms with van der Waals surface area (Å²) in [7, 11) is -1.96. The smallest absolute Gasteiger partial charge is 0.245 e. The highest BCUT2D eigenvalue weighted by molar-refractivity contribution is 7.89. The summed E-state index contributed by atoms with van der Waals surface area (Å²) in [5.74, 6) is 0.799. The van der Waals surface area contributed by atoms with Crippen LogP contribution in [0.25, 0.3) is 10.9 Å². The fourth-order valence-electron chi connectivity index (χ4n) is 3.65. The number of fused-ring (bicyclic) bond motifs is 1. The van der Waals surface area contributed by atoms with Crippen molar-refractivity contribution in [3.8, 4) is 5.75 Å². The molecule has 28 heavy (non-hydrogen) atoms. The maximum Gasteiger partial charge on any atom is 0.245 e. The van der Waals surface area contributed by atoms with E-state index in [9.17, 15) is 8.42 Å². The standard InChI is InChI=1S/C21H23N3O3S/c1-16-14-17-6-5-9-20(21(17)22-15-16)28(25,26)24-12-10-23(11-13-24)18-7-3-4-8-19(18)27-2/h3-9,14-15H,10-13H2,1-2H3. The monoisotopic (exact) mass is 397 g/mol. The minimum absolute atomic E-state index is 0.274. The zero-order valence-corrected chi connectivity index (χ0v) is 16.8. The second-order valence-corrected chi connectivity index (χ2v) is 8.81. The molecule has 0 atom stereocenters. The molecule has 7 heteroatoms. The number of nitrogens with zero attached hydrogens (tertiary/aromatic N) is 3. The SMILES string of the molecule is COc1ccccc1N1CCN(S(=O)(=O)c2cccc3cc(C)cnc23)CC1. The molecule has 2 aromatic carbocycles. The summed E-state index contributed by atoms with van der Waals surface area (Å²) in [5.41, 5.74) is 2.53. The van der Waals surface area contributed by atoms with Crippen molar-refractivity contribution in [3.63, 3.8) is 0 Å². The van der Waals surface area contributed by atoms with Gasteiger partial charge in [-0.3, -0.25) is 4.98 Å². The molecule has 0 N–H and O–H groups in total. The highest BCUT2D eigenvalue weighted by Crippen LogP contribution is 2.30. The van der Waals surface area contributed by atoms with Crippen LogP contribution in [0.5, 0.6) is 5.75 Å². The Morgan fingerprint density at radius 3 is 2.50 bits per heavy atom. The predicted octanol–water partition coefficient (Wildman–Crippen LogP) is 3.06. The van der Waals surface area contributed by atoms with Gasteiger partial charge in [0.1, 0.15) is 10.6 Å². The molecule has 1 aliphatic rings. The molecule has 1 aliphatic heterocycles. The van der Waals surface area contributed by atoms with Gasteiger partial charge in [0.15, 0.2) is 0 Å². The van der Waals surface area contributed by atoms with Gasteiger partial charge in [0, 0.05) is 37.8 Å². The van der Waals surface area contributed by atoms with E-state index < -0.39 is 10.0 Å². The first-order valence-electron chi connectivity index (χ1n) is 9.24. The number of benzene rings is 2. The second kappa shape index (κ2) is 7.41. The number of sulfonamides is 1. The third-order valence-electron chi connectivity index (χ3n) is 5.09. The lowest BCUT2D eigenvalue weighted by Crippen LogP contribution is -2.48. The van der Waals surface area contributed by atoms with Crippen LogP contribution in [-0.2, 0) is 10.0 Å². The van der Waals surface area contributed by atoms with Crippen molar-refractivity contribution in [1.82, 2.24) is 9.29 Å². The Balaban J connectivity index is 1.59. The Morgan fingerprint density at radius 1 is 1.00 bits per heavy atom. The van der Waals surface area contributed by atoms with Crippen LogP contribution in [0.3, 0.4) is 0 Å². The van der Waals surface area contributed by atoms with E-state index in [-0.39, 0.29) is 4.90 Å². The zero-order chi connectivity index (χ0) is 19.7. The molecular weight excluding hydrogens is 374 g/mol. The van der Waals surface area contributed by atoms with E-state index in [0.29, 0.717) is 31.7 Å². The van der Waals surface area contributed by atoms with Crippen LogP contribution >= 0.6 is 0 Å². The van der Waals surface area contributed by atoms with Gasteiger partial charge in [-0.1, -0.05) is 24.3 Å². The number of methoxy groups -OCH3 is 1. The largest absolute Gasteiger partial charge is 0.495 e. The average Bonchev–Trinajstić information content (AvgIpc) is 2.73. The van der Waals surface area contributed by atoms with Gasteiger partial charge in [0.25, 0.3) is 0 Å². The van der Waals surface area contributed by atoms with Gasteiger partial charge in [0.2, 0.25) is 10.0 Å². The number of pyridine rings is 1. The van der Waals surface area contributed by atoms with Crippen LogP contribution in [0.4, 0.5) is 5.69 Å². The van der Waals surface area contributed by atoms with E-state index in [2.05, 4.69) is 9.88 Å². The van der Waals surface area contributed by atoms with Gasteiger partial charge in [-0.25, -0.2) is 8.42 Å². The minimum atomic E-state index is -3.61. The Morgan fingerprint density at radius 2 is 1.75 bits per heavy atom. The molecule has 0 spiro atoms. The number of rotatable bonds is 4. The molecule has 0 bridgehead atoms. The summed E-state index contributed by atoms with van der Waals surface area (Å²) >= 11 is 0. The van der Waals surface area contributed by atoms with Gasteiger partial charge >= 0.3 is 0 Å². The van der Waals surface area contributed by atoms with Crippen molar-refractivity contribution >= 4 is 26.6 Å². The number of hydrogen-bond donors (Lipinski definition) is 0. The third-order valence-corrected chi connectivity index (χ3v) is 7.02. The molecule has 3 aromatic rings. The highest BCUT2D eigenvalue weighted by Gasteiger charge is 2.30. The molecule has 0 aliphatic carbocycles. The molecule has 6 nitrogen and oxygen atoms in total. The quantitative estimate of drug-likeness (QED) is 0.677. The number of para-hydroxylation sites is 3. The fourth-order valence-corrected chi connectivity index (χ4v) is 5.24. The van der Waals surface area contributed by atoms with Gasteiger partial charge in [-0.05, 0) is 36.8 Å². The van der Waals surface area contributed by atoms with Crippen LogP contribution in [0.2, 0.25) is 0 Å².